The first kappa shape index (κ1) is 23.0. The molecule has 168 valence electrons. The third kappa shape index (κ3) is 6.42. The van der Waals surface area contributed by atoms with E-state index in [0.717, 1.165) is 16.7 Å². The van der Waals surface area contributed by atoms with E-state index in [4.69, 9.17) is 27.6 Å². The molecule has 0 aliphatic rings. The van der Waals surface area contributed by atoms with Gasteiger partial charge in [0.2, 0.25) is 5.89 Å². The van der Waals surface area contributed by atoms with Crippen LogP contribution in [0.1, 0.15) is 33.1 Å². The Kier molecular flexibility index (Phi) is 7.73. The summed E-state index contributed by atoms with van der Waals surface area (Å²) in [5, 5.41) is 3.87. The number of carbonyl (C=O) groups excluding carboxylic acids is 1. The lowest BCUT2D eigenvalue weighted by molar-refractivity contribution is 0.0945. The molecule has 33 heavy (non-hydrogen) atoms. The summed E-state index contributed by atoms with van der Waals surface area (Å²) >= 11 is 12.6. The molecule has 0 spiro atoms. The van der Waals surface area contributed by atoms with Crippen molar-refractivity contribution in [2.75, 3.05) is 0 Å². The third-order valence-corrected chi connectivity index (χ3v) is 5.85. The Morgan fingerprint density at radius 3 is 2.55 bits per heavy atom. The lowest BCUT2D eigenvalue weighted by Gasteiger charge is -2.22. The molecule has 0 radical (unpaired) electrons. The Morgan fingerprint density at radius 2 is 1.76 bits per heavy atom. The fraction of sp³-hybridized carbons (Fsp3) is 0.160. The average Bonchev–Trinajstić information content (AvgIpc) is 3.30. The van der Waals surface area contributed by atoms with Crippen molar-refractivity contribution in [3.63, 3.8) is 0 Å². The van der Waals surface area contributed by atoms with Crippen LogP contribution in [0, 0.1) is 0 Å². The van der Waals surface area contributed by atoms with Crippen LogP contribution in [0.4, 0.5) is 0 Å². The summed E-state index contributed by atoms with van der Waals surface area (Å²) in [7, 11) is 0. The summed E-state index contributed by atoms with van der Waals surface area (Å²) in [6, 6.07) is 19.4. The Balaban J connectivity index is 1.46. The number of hydrogen-bond acceptors (Lipinski definition) is 5. The fourth-order valence-electron chi connectivity index (χ4n) is 3.38. The zero-order valence-electron chi connectivity index (χ0n) is 17.7. The van der Waals surface area contributed by atoms with Gasteiger partial charge in [-0.15, -0.1) is 0 Å². The van der Waals surface area contributed by atoms with E-state index in [1.54, 1.807) is 18.5 Å². The van der Waals surface area contributed by atoms with Gasteiger partial charge in [-0.3, -0.25) is 14.7 Å². The van der Waals surface area contributed by atoms with E-state index in [9.17, 15) is 4.79 Å². The smallest absolute Gasteiger partial charge is 0.273 e. The lowest BCUT2D eigenvalue weighted by atomic mass is 10.1. The first-order valence-electron chi connectivity index (χ1n) is 10.4. The van der Waals surface area contributed by atoms with Crippen LogP contribution < -0.4 is 5.32 Å². The first-order chi connectivity index (χ1) is 16.1. The van der Waals surface area contributed by atoms with E-state index in [2.05, 4.69) is 32.3 Å². The zero-order valence-corrected chi connectivity index (χ0v) is 19.3. The Bertz CT molecular complexity index is 1200. The second-order valence-corrected chi connectivity index (χ2v) is 8.30. The number of aromatic nitrogens is 2. The molecule has 2 aromatic heterocycles. The highest BCUT2D eigenvalue weighted by Crippen LogP contribution is 2.27. The van der Waals surface area contributed by atoms with Crippen molar-refractivity contribution < 1.29 is 9.21 Å². The minimum Gasteiger partial charge on any atom is -0.447 e. The number of hydrogen-bond donors (Lipinski definition) is 1. The maximum atomic E-state index is 12.5. The number of pyridine rings is 1. The van der Waals surface area contributed by atoms with Gasteiger partial charge >= 0.3 is 0 Å². The van der Waals surface area contributed by atoms with Gasteiger partial charge in [-0.05, 0) is 28.8 Å². The van der Waals surface area contributed by atoms with Crippen molar-refractivity contribution in [2.24, 2.45) is 0 Å². The summed E-state index contributed by atoms with van der Waals surface area (Å²) < 4.78 is 5.61. The molecule has 1 N–H and O–H groups in total. The van der Waals surface area contributed by atoms with Crippen LogP contribution in [-0.2, 0) is 26.2 Å². The number of amides is 1. The minimum absolute atomic E-state index is 0.231. The summed E-state index contributed by atoms with van der Waals surface area (Å²) in [6.07, 6.45) is 4.77. The summed E-state index contributed by atoms with van der Waals surface area (Å²) in [4.78, 5) is 23.1. The molecule has 0 saturated carbocycles. The maximum absolute atomic E-state index is 12.5. The molecule has 0 aliphatic carbocycles. The van der Waals surface area contributed by atoms with Crippen molar-refractivity contribution >= 4 is 29.1 Å². The standard InChI is InChI=1S/C25H22Cl2N4O2/c26-21-10-4-9-20(24(21)27)15-31(14-18-6-2-1-3-7-18)16-23-30-22(17-33-23)25(32)29-13-19-8-5-11-28-12-19/h1-12,17H,13-16H2,(H,29,32). The monoisotopic (exact) mass is 480 g/mol. The van der Waals surface area contributed by atoms with E-state index in [0.29, 0.717) is 42.1 Å². The van der Waals surface area contributed by atoms with E-state index in [-0.39, 0.29) is 11.6 Å². The molecule has 4 aromatic rings. The number of rotatable bonds is 9. The highest BCUT2D eigenvalue weighted by Gasteiger charge is 2.17. The van der Waals surface area contributed by atoms with Crippen LogP contribution in [0.3, 0.4) is 0 Å². The van der Waals surface area contributed by atoms with Gasteiger partial charge in [-0.2, -0.15) is 0 Å². The second kappa shape index (κ2) is 11.1. The summed E-state index contributed by atoms with van der Waals surface area (Å²) in [6.45, 7) is 1.95. The normalized spacial score (nSPS) is 11.0. The van der Waals surface area contributed by atoms with Gasteiger partial charge in [0.15, 0.2) is 5.69 Å². The number of benzene rings is 2. The van der Waals surface area contributed by atoms with Crippen LogP contribution in [0.15, 0.2) is 83.7 Å². The molecule has 4 rings (SSSR count). The van der Waals surface area contributed by atoms with Crippen molar-refractivity contribution in [1.29, 1.82) is 0 Å². The highest BCUT2D eigenvalue weighted by molar-refractivity contribution is 6.42. The van der Waals surface area contributed by atoms with Crippen LogP contribution in [0.25, 0.3) is 0 Å². The number of halogens is 2. The number of oxazole rings is 1. The molecular formula is C25H22Cl2N4O2. The molecule has 2 heterocycles. The summed E-state index contributed by atoms with van der Waals surface area (Å²) in [5.41, 5.74) is 3.18. The molecule has 8 heteroatoms. The van der Waals surface area contributed by atoms with Crippen molar-refractivity contribution in [2.45, 2.75) is 26.2 Å². The van der Waals surface area contributed by atoms with Gasteiger partial charge in [-0.25, -0.2) is 4.98 Å². The Hall–Kier alpha value is -3.19. The lowest BCUT2D eigenvalue weighted by Crippen LogP contribution is -2.24. The third-order valence-electron chi connectivity index (χ3n) is 4.99. The highest BCUT2D eigenvalue weighted by atomic mass is 35.5. The van der Waals surface area contributed by atoms with Gasteiger partial charge in [0.1, 0.15) is 6.26 Å². The predicted octanol–water partition coefficient (Wildman–Crippen LogP) is 5.51. The van der Waals surface area contributed by atoms with Gasteiger partial charge in [-0.1, -0.05) is 71.7 Å². The molecule has 6 nitrogen and oxygen atoms in total. The maximum Gasteiger partial charge on any atom is 0.273 e. The largest absolute Gasteiger partial charge is 0.447 e. The number of carbonyl (C=O) groups is 1. The van der Waals surface area contributed by atoms with Crippen LogP contribution >= 0.6 is 23.2 Å². The molecule has 0 aliphatic heterocycles. The molecule has 2 aromatic carbocycles. The topological polar surface area (TPSA) is 71.3 Å². The first-order valence-corrected chi connectivity index (χ1v) is 11.1. The quantitative estimate of drug-likeness (QED) is 0.342. The van der Waals surface area contributed by atoms with Crippen molar-refractivity contribution in [1.82, 2.24) is 20.2 Å². The zero-order chi connectivity index (χ0) is 23.0. The van der Waals surface area contributed by atoms with Crippen LogP contribution in [0.2, 0.25) is 10.0 Å². The van der Waals surface area contributed by atoms with Gasteiger partial charge < -0.3 is 9.73 Å². The Morgan fingerprint density at radius 1 is 0.939 bits per heavy atom. The van der Waals surface area contributed by atoms with Gasteiger partial charge in [0.05, 0.1) is 16.6 Å². The van der Waals surface area contributed by atoms with E-state index in [1.165, 1.54) is 6.26 Å². The van der Waals surface area contributed by atoms with E-state index < -0.39 is 0 Å². The van der Waals surface area contributed by atoms with Crippen molar-refractivity contribution in [3.05, 3.63) is 118 Å². The van der Waals surface area contributed by atoms with Crippen molar-refractivity contribution in [3.8, 4) is 0 Å². The predicted molar refractivity (Wildman–Crippen MR) is 128 cm³/mol. The second-order valence-electron chi connectivity index (χ2n) is 7.51. The average molecular weight is 481 g/mol. The van der Waals surface area contributed by atoms with Gasteiger partial charge in [0.25, 0.3) is 5.91 Å². The molecule has 1 amide bonds. The SMILES string of the molecule is O=C(NCc1cccnc1)c1coc(CN(Cc2ccccc2)Cc2cccc(Cl)c2Cl)n1. The number of nitrogens with one attached hydrogen (secondary N) is 1. The summed E-state index contributed by atoms with van der Waals surface area (Å²) in [5.74, 6) is 0.136. The minimum atomic E-state index is -0.304. The number of nitrogens with zero attached hydrogens (tertiary/aromatic N) is 3. The van der Waals surface area contributed by atoms with Gasteiger partial charge in [0, 0.05) is 32.0 Å². The van der Waals surface area contributed by atoms with E-state index in [1.807, 2.05) is 42.5 Å². The fourth-order valence-corrected chi connectivity index (χ4v) is 3.76. The molecule has 0 bridgehead atoms. The van der Waals surface area contributed by atoms with E-state index >= 15 is 0 Å². The van der Waals surface area contributed by atoms with Crippen LogP contribution in [0.5, 0.6) is 0 Å². The molecular weight excluding hydrogens is 459 g/mol. The molecule has 0 unspecified atom stereocenters. The molecule has 0 saturated heterocycles. The molecule has 0 atom stereocenters. The van der Waals surface area contributed by atoms with Crippen LogP contribution in [-0.4, -0.2) is 20.8 Å². The Labute approximate surface area is 202 Å². The molecule has 0 fully saturated rings.